The van der Waals surface area contributed by atoms with Gasteiger partial charge in [-0.2, -0.15) is 0 Å². The summed E-state index contributed by atoms with van der Waals surface area (Å²) in [7, 11) is 1.53. The fourth-order valence-corrected chi connectivity index (χ4v) is 7.30. The minimum Gasteiger partial charge on any atom is -0.507 e. The average molecular weight is 715 g/mol. The van der Waals surface area contributed by atoms with Crippen molar-refractivity contribution in [2.24, 2.45) is 5.92 Å². The lowest BCUT2D eigenvalue weighted by Gasteiger charge is -2.24. The molecular formula is C34H33Cl2N3O6S2. The highest BCUT2D eigenvalue weighted by Gasteiger charge is 2.48. The third-order valence-corrected chi connectivity index (χ3v) is 10.0. The Balaban J connectivity index is 1.55. The third kappa shape index (κ3) is 7.86. The van der Waals surface area contributed by atoms with Crippen LogP contribution in [0.4, 0.5) is 5.13 Å². The molecule has 0 bridgehead atoms. The SMILES string of the molecule is CCOc1cc(C2C(=C(O)c3ccc(OC)cc3)C(=O)C(=O)N2c2nnc(SCc3ccc(Cl)cc3Cl)s2)ccc1OCCC(C)C. The number of anilines is 1. The second kappa shape index (κ2) is 15.4. The van der Waals surface area contributed by atoms with Crippen molar-refractivity contribution in [3.05, 3.63) is 93.0 Å². The number of hydrogen-bond acceptors (Lipinski definition) is 10. The van der Waals surface area contributed by atoms with Gasteiger partial charge >= 0.3 is 5.91 Å². The number of Topliss-reactive ketones (excluding diaryl/α,β-unsaturated/α-hetero) is 1. The summed E-state index contributed by atoms with van der Waals surface area (Å²) in [6.45, 7) is 6.96. The zero-order chi connectivity index (χ0) is 33.7. The first-order valence-electron chi connectivity index (χ1n) is 14.9. The Bertz CT molecular complexity index is 1790. The fourth-order valence-electron chi connectivity index (χ4n) is 4.87. The number of halogens is 2. The number of methoxy groups -OCH3 is 1. The molecule has 1 aliphatic rings. The van der Waals surface area contributed by atoms with Crippen LogP contribution in [-0.4, -0.2) is 47.3 Å². The van der Waals surface area contributed by atoms with Gasteiger partial charge in [0.2, 0.25) is 5.13 Å². The number of ketones is 1. The number of aromatic nitrogens is 2. The quantitative estimate of drug-likeness (QED) is 0.0479. The van der Waals surface area contributed by atoms with E-state index >= 15 is 0 Å². The normalized spacial score (nSPS) is 15.8. The summed E-state index contributed by atoms with van der Waals surface area (Å²) in [5, 5.41) is 21.4. The van der Waals surface area contributed by atoms with E-state index in [1.807, 2.05) is 13.0 Å². The fraction of sp³-hybridized carbons (Fsp3) is 0.294. The summed E-state index contributed by atoms with van der Waals surface area (Å²) < 4.78 is 17.8. The van der Waals surface area contributed by atoms with Crippen molar-refractivity contribution in [2.75, 3.05) is 25.2 Å². The number of amides is 1. The Morgan fingerprint density at radius 3 is 2.47 bits per heavy atom. The number of ether oxygens (including phenoxy) is 3. The largest absolute Gasteiger partial charge is 0.507 e. The zero-order valence-electron chi connectivity index (χ0n) is 26.2. The molecule has 1 aliphatic heterocycles. The highest BCUT2D eigenvalue weighted by Crippen LogP contribution is 2.46. The predicted molar refractivity (Wildman–Crippen MR) is 186 cm³/mol. The maximum Gasteiger partial charge on any atom is 0.301 e. The molecule has 0 spiro atoms. The van der Waals surface area contributed by atoms with Gasteiger partial charge in [0.15, 0.2) is 15.8 Å². The maximum atomic E-state index is 13.7. The van der Waals surface area contributed by atoms with Crippen LogP contribution >= 0.6 is 46.3 Å². The van der Waals surface area contributed by atoms with E-state index in [0.29, 0.717) is 67.6 Å². The monoisotopic (exact) mass is 713 g/mol. The molecule has 1 saturated heterocycles. The molecule has 1 atom stereocenters. The molecule has 246 valence electrons. The van der Waals surface area contributed by atoms with Gasteiger partial charge in [0.05, 0.1) is 31.9 Å². The van der Waals surface area contributed by atoms with E-state index in [1.165, 1.54) is 23.8 Å². The average Bonchev–Trinajstić information content (AvgIpc) is 3.62. The Labute approximate surface area is 291 Å². The van der Waals surface area contributed by atoms with Gasteiger partial charge in [0, 0.05) is 21.4 Å². The molecule has 47 heavy (non-hydrogen) atoms. The molecule has 9 nitrogen and oxygen atoms in total. The number of aliphatic hydroxyl groups is 1. The van der Waals surface area contributed by atoms with Crippen LogP contribution in [0.5, 0.6) is 17.2 Å². The lowest BCUT2D eigenvalue weighted by molar-refractivity contribution is -0.132. The molecule has 0 aliphatic carbocycles. The van der Waals surface area contributed by atoms with E-state index in [2.05, 4.69) is 24.0 Å². The van der Waals surface area contributed by atoms with Crippen molar-refractivity contribution in [1.29, 1.82) is 0 Å². The van der Waals surface area contributed by atoms with E-state index < -0.39 is 17.7 Å². The second-order valence-electron chi connectivity index (χ2n) is 10.9. The van der Waals surface area contributed by atoms with Gasteiger partial charge in [-0.1, -0.05) is 72.3 Å². The van der Waals surface area contributed by atoms with Gasteiger partial charge in [-0.25, -0.2) is 0 Å². The van der Waals surface area contributed by atoms with Crippen LogP contribution in [0.1, 0.15) is 49.9 Å². The van der Waals surface area contributed by atoms with Crippen LogP contribution in [0.25, 0.3) is 5.76 Å². The second-order valence-corrected chi connectivity index (χ2v) is 14.0. The molecule has 2 heterocycles. The van der Waals surface area contributed by atoms with Crippen LogP contribution in [0.2, 0.25) is 10.0 Å². The third-order valence-electron chi connectivity index (χ3n) is 7.31. The lowest BCUT2D eigenvalue weighted by Crippen LogP contribution is -2.29. The van der Waals surface area contributed by atoms with E-state index in [0.717, 1.165) is 23.3 Å². The summed E-state index contributed by atoms with van der Waals surface area (Å²) in [5.74, 6) is 0.499. The van der Waals surface area contributed by atoms with E-state index in [1.54, 1.807) is 54.6 Å². The topological polar surface area (TPSA) is 111 Å². The minimum atomic E-state index is -1.03. The van der Waals surface area contributed by atoms with E-state index in [4.69, 9.17) is 37.4 Å². The number of carbonyl (C=O) groups excluding carboxylic acids is 2. The highest BCUT2D eigenvalue weighted by molar-refractivity contribution is 8.00. The van der Waals surface area contributed by atoms with Crippen molar-refractivity contribution >= 4 is 68.9 Å². The Kier molecular flexibility index (Phi) is 11.3. The number of hydrogen-bond donors (Lipinski definition) is 1. The summed E-state index contributed by atoms with van der Waals surface area (Å²) in [5.41, 5.74) is 1.64. The molecule has 4 aromatic rings. The standard InChI is InChI=1S/C34H33Cl2N3O6S2/c1-5-44-27-16-21(9-13-26(27)45-15-14-19(2)3)29-28(30(40)20-7-11-24(43-4)12-8-20)31(41)32(42)39(29)33-37-38-34(47-33)46-18-22-6-10-23(35)17-25(22)36/h6-13,16-17,19,29,40H,5,14-15,18H2,1-4H3. The molecule has 1 amide bonds. The highest BCUT2D eigenvalue weighted by atomic mass is 35.5. The Morgan fingerprint density at radius 1 is 1.02 bits per heavy atom. The summed E-state index contributed by atoms with van der Waals surface area (Å²) >= 11 is 14.9. The summed E-state index contributed by atoms with van der Waals surface area (Å²) in [6, 6.07) is 16.1. The van der Waals surface area contributed by atoms with E-state index in [-0.39, 0.29) is 16.5 Å². The van der Waals surface area contributed by atoms with Gasteiger partial charge in [0.25, 0.3) is 5.78 Å². The zero-order valence-corrected chi connectivity index (χ0v) is 29.3. The van der Waals surface area contributed by atoms with Crippen molar-refractivity contribution in [3.8, 4) is 17.2 Å². The lowest BCUT2D eigenvalue weighted by atomic mass is 9.95. The van der Waals surface area contributed by atoms with Gasteiger partial charge < -0.3 is 19.3 Å². The van der Waals surface area contributed by atoms with Gasteiger partial charge in [-0.15, -0.1) is 10.2 Å². The molecule has 0 radical (unpaired) electrons. The number of carbonyl (C=O) groups is 2. The van der Waals surface area contributed by atoms with Gasteiger partial charge in [-0.3, -0.25) is 14.5 Å². The van der Waals surface area contributed by atoms with Gasteiger partial charge in [-0.05, 0) is 78.9 Å². The first-order chi connectivity index (χ1) is 22.6. The van der Waals surface area contributed by atoms with Crippen molar-refractivity contribution < 1.29 is 28.9 Å². The summed E-state index contributed by atoms with van der Waals surface area (Å²) in [6.07, 6.45) is 0.858. The molecule has 0 saturated carbocycles. The predicted octanol–water partition coefficient (Wildman–Crippen LogP) is 8.60. The molecule has 3 aromatic carbocycles. The van der Waals surface area contributed by atoms with Crippen LogP contribution < -0.4 is 19.1 Å². The first-order valence-corrected chi connectivity index (χ1v) is 17.4. The van der Waals surface area contributed by atoms with Crippen molar-refractivity contribution in [3.63, 3.8) is 0 Å². The molecule has 1 N–H and O–H groups in total. The maximum absolute atomic E-state index is 13.7. The number of benzene rings is 3. The number of rotatable bonds is 13. The molecular weight excluding hydrogens is 681 g/mol. The smallest absolute Gasteiger partial charge is 0.301 e. The van der Waals surface area contributed by atoms with Crippen molar-refractivity contribution in [1.82, 2.24) is 10.2 Å². The van der Waals surface area contributed by atoms with Crippen LogP contribution in [-0.2, 0) is 15.3 Å². The Hall–Kier alpha value is -3.77. The molecule has 13 heteroatoms. The minimum absolute atomic E-state index is 0.0894. The van der Waals surface area contributed by atoms with Crippen molar-refractivity contribution in [2.45, 2.75) is 43.3 Å². The molecule has 1 unspecified atom stereocenters. The molecule has 1 aromatic heterocycles. The number of aliphatic hydroxyl groups excluding tert-OH is 1. The summed E-state index contributed by atoms with van der Waals surface area (Å²) in [4.78, 5) is 28.7. The van der Waals surface area contributed by atoms with Crippen LogP contribution in [0.3, 0.4) is 0 Å². The van der Waals surface area contributed by atoms with Gasteiger partial charge in [0.1, 0.15) is 11.5 Å². The Morgan fingerprint density at radius 2 is 1.79 bits per heavy atom. The molecule has 5 rings (SSSR count). The molecule has 1 fully saturated rings. The number of nitrogens with zero attached hydrogens (tertiary/aromatic N) is 3. The van der Waals surface area contributed by atoms with Crippen LogP contribution in [0, 0.1) is 5.92 Å². The first kappa shape index (κ1) is 34.6. The number of thioether (sulfide) groups is 1. The van der Waals surface area contributed by atoms with E-state index in [9.17, 15) is 14.7 Å². The van der Waals surface area contributed by atoms with Crippen LogP contribution in [0.15, 0.2) is 70.6 Å².